The normalized spacial score (nSPS) is 15.3. The smallest absolute Gasteiger partial charge is 0.270 e. The van der Waals surface area contributed by atoms with E-state index in [0.29, 0.717) is 18.9 Å². The van der Waals surface area contributed by atoms with Crippen LogP contribution in [0.4, 0.5) is 0 Å². The zero-order valence-electron chi connectivity index (χ0n) is 9.50. The average Bonchev–Trinajstić information content (AvgIpc) is 2.34. The first-order valence-electron chi connectivity index (χ1n) is 5.61. The standard InChI is InChI=1S/C12H11N3O3/c16-11(14-8-6-18-7-8)9-5-13-10-3-1-2-4-15(10)12(9)17/h1-5,8H,6-7H2,(H,14,16). The fraction of sp³-hybridized carbons (Fsp3) is 0.250. The van der Waals surface area contributed by atoms with Crippen LogP contribution in [0.3, 0.4) is 0 Å². The lowest BCUT2D eigenvalue weighted by atomic mass is 10.2. The third-order valence-electron chi connectivity index (χ3n) is 2.83. The summed E-state index contributed by atoms with van der Waals surface area (Å²) in [4.78, 5) is 28.1. The molecule has 3 rings (SSSR count). The number of carbonyl (C=O) groups excluding carboxylic acids is 1. The Labute approximate surface area is 102 Å². The Balaban J connectivity index is 1.98. The number of nitrogens with one attached hydrogen (secondary N) is 1. The molecular formula is C12H11N3O3. The summed E-state index contributed by atoms with van der Waals surface area (Å²) in [5.41, 5.74) is 0.204. The van der Waals surface area contributed by atoms with E-state index in [-0.39, 0.29) is 17.2 Å². The Morgan fingerprint density at radius 2 is 2.28 bits per heavy atom. The molecule has 2 aromatic rings. The summed E-state index contributed by atoms with van der Waals surface area (Å²) < 4.78 is 6.31. The molecular weight excluding hydrogens is 234 g/mol. The second-order valence-corrected chi connectivity index (χ2v) is 4.11. The molecule has 0 saturated carbocycles. The summed E-state index contributed by atoms with van der Waals surface area (Å²) in [5, 5.41) is 2.72. The number of nitrogens with zero attached hydrogens (tertiary/aromatic N) is 2. The van der Waals surface area contributed by atoms with Gasteiger partial charge in [0.25, 0.3) is 11.5 Å². The fourth-order valence-corrected chi connectivity index (χ4v) is 1.76. The van der Waals surface area contributed by atoms with E-state index in [1.54, 1.807) is 24.4 Å². The molecule has 18 heavy (non-hydrogen) atoms. The van der Waals surface area contributed by atoms with E-state index < -0.39 is 5.91 Å². The Bertz CT molecular complexity index is 661. The van der Waals surface area contributed by atoms with Crippen LogP contribution in [0.1, 0.15) is 10.4 Å². The van der Waals surface area contributed by atoms with Crippen molar-refractivity contribution in [1.29, 1.82) is 0 Å². The van der Waals surface area contributed by atoms with E-state index in [1.807, 2.05) is 0 Å². The van der Waals surface area contributed by atoms with Crippen molar-refractivity contribution in [2.24, 2.45) is 0 Å². The zero-order valence-corrected chi connectivity index (χ0v) is 9.50. The first kappa shape index (κ1) is 10.9. The first-order valence-corrected chi connectivity index (χ1v) is 5.61. The molecule has 2 aromatic heterocycles. The average molecular weight is 245 g/mol. The highest BCUT2D eigenvalue weighted by molar-refractivity contribution is 5.94. The minimum absolute atomic E-state index is 0.00614. The summed E-state index contributed by atoms with van der Waals surface area (Å²) in [6, 6.07) is 5.21. The molecule has 6 heteroatoms. The van der Waals surface area contributed by atoms with Crippen molar-refractivity contribution < 1.29 is 9.53 Å². The highest BCUT2D eigenvalue weighted by Crippen LogP contribution is 2.02. The molecule has 1 fully saturated rings. The third kappa shape index (κ3) is 1.76. The maximum Gasteiger partial charge on any atom is 0.270 e. The van der Waals surface area contributed by atoms with Gasteiger partial charge in [-0.15, -0.1) is 0 Å². The topological polar surface area (TPSA) is 72.7 Å². The predicted octanol–water partition coefficient (Wildman–Crippen LogP) is -0.177. The number of hydrogen-bond acceptors (Lipinski definition) is 4. The van der Waals surface area contributed by atoms with Crippen LogP contribution in [0.5, 0.6) is 0 Å². The zero-order chi connectivity index (χ0) is 12.5. The van der Waals surface area contributed by atoms with Crippen molar-refractivity contribution in [1.82, 2.24) is 14.7 Å². The van der Waals surface area contributed by atoms with Crippen molar-refractivity contribution >= 4 is 11.6 Å². The number of pyridine rings is 1. The number of fused-ring (bicyclic) bond motifs is 1. The van der Waals surface area contributed by atoms with E-state index in [2.05, 4.69) is 10.3 Å². The number of aromatic nitrogens is 2. The van der Waals surface area contributed by atoms with Crippen LogP contribution in [0.15, 0.2) is 35.4 Å². The Hall–Kier alpha value is -2.21. The van der Waals surface area contributed by atoms with E-state index in [1.165, 1.54) is 10.6 Å². The lowest BCUT2D eigenvalue weighted by Crippen LogP contribution is -2.49. The maximum atomic E-state index is 12.1. The van der Waals surface area contributed by atoms with E-state index in [0.717, 1.165) is 0 Å². The van der Waals surface area contributed by atoms with Gasteiger partial charge in [0, 0.05) is 12.4 Å². The van der Waals surface area contributed by atoms with Crippen LogP contribution in [-0.2, 0) is 4.74 Å². The number of rotatable bonds is 2. The molecule has 0 aliphatic carbocycles. The van der Waals surface area contributed by atoms with Crippen LogP contribution >= 0.6 is 0 Å². The SMILES string of the molecule is O=C(NC1COC1)c1cnc2ccccn2c1=O. The summed E-state index contributed by atoms with van der Waals surface area (Å²) >= 11 is 0. The van der Waals surface area contributed by atoms with Crippen LogP contribution in [0.2, 0.25) is 0 Å². The Kier molecular flexibility index (Phi) is 2.56. The molecule has 0 unspecified atom stereocenters. The second-order valence-electron chi connectivity index (χ2n) is 4.11. The molecule has 0 aromatic carbocycles. The van der Waals surface area contributed by atoms with Crippen molar-refractivity contribution in [3.05, 3.63) is 46.5 Å². The lowest BCUT2D eigenvalue weighted by Gasteiger charge is -2.26. The van der Waals surface area contributed by atoms with E-state index in [4.69, 9.17) is 4.74 Å². The minimum Gasteiger partial charge on any atom is -0.377 e. The summed E-state index contributed by atoms with van der Waals surface area (Å²) in [5.74, 6) is -0.404. The van der Waals surface area contributed by atoms with Gasteiger partial charge in [-0.3, -0.25) is 14.0 Å². The number of carbonyl (C=O) groups is 1. The number of ether oxygens (including phenoxy) is 1. The molecule has 6 nitrogen and oxygen atoms in total. The molecule has 3 heterocycles. The number of hydrogen-bond donors (Lipinski definition) is 1. The molecule has 1 aliphatic heterocycles. The van der Waals surface area contributed by atoms with Crippen molar-refractivity contribution in [2.75, 3.05) is 13.2 Å². The van der Waals surface area contributed by atoms with Crippen molar-refractivity contribution in [3.8, 4) is 0 Å². The largest absolute Gasteiger partial charge is 0.377 e. The molecule has 0 atom stereocenters. The summed E-state index contributed by atoms with van der Waals surface area (Å²) in [7, 11) is 0. The fourth-order valence-electron chi connectivity index (χ4n) is 1.76. The number of amides is 1. The van der Waals surface area contributed by atoms with Gasteiger partial charge in [0.2, 0.25) is 0 Å². The molecule has 1 amide bonds. The van der Waals surface area contributed by atoms with Crippen LogP contribution in [0, 0.1) is 0 Å². The monoisotopic (exact) mass is 245 g/mol. The van der Waals surface area contributed by atoms with Crippen LogP contribution in [-0.4, -0.2) is 34.5 Å². The first-order chi connectivity index (χ1) is 8.75. The van der Waals surface area contributed by atoms with Gasteiger partial charge >= 0.3 is 0 Å². The highest BCUT2D eigenvalue weighted by Gasteiger charge is 2.22. The van der Waals surface area contributed by atoms with Gasteiger partial charge in [-0.2, -0.15) is 0 Å². The predicted molar refractivity (Wildman–Crippen MR) is 63.5 cm³/mol. The highest BCUT2D eigenvalue weighted by atomic mass is 16.5. The summed E-state index contributed by atoms with van der Waals surface area (Å²) in [6.45, 7) is 0.988. The van der Waals surface area contributed by atoms with Crippen LogP contribution < -0.4 is 10.9 Å². The molecule has 0 bridgehead atoms. The minimum atomic E-state index is -0.404. The van der Waals surface area contributed by atoms with Crippen LogP contribution in [0.25, 0.3) is 5.65 Å². The van der Waals surface area contributed by atoms with Gasteiger partial charge in [0.1, 0.15) is 11.2 Å². The van der Waals surface area contributed by atoms with E-state index >= 15 is 0 Å². The van der Waals surface area contributed by atoms with E-state index in [9.17, 15) is 9.59 Å². The molecule has 1 aliphatic rings. The van der Waals surface area contributed by atoms with Gasteiger partial charge in [-0.25, -0.2) is 4.98 Å². The van der Waals surface area contributed by atoms with Gasteiger partial charge < -0.3 is 10.1 Å². The maximum absolute atomic E-state index is 12.1. The Morgan fingerprint density at radius 3 is 3.00 bits per heavy atom. The summed E-state index contributed by atoms with van der Waals surface area (Å²) in [6.07, 6.45) is 2.90. The third-order valence-corrected chi connectivity index (χ3v) is 2.83. The quantitative estimate of drug-likeness (QED) is 0.796. The molecule has 0 radical (unpaired) electrons. The van der Waals surface area contributed by atoms with Gasteiger partial charge in [0.15, 0.2) is 0 Å². The second kappa shape index (κ2) is 4.23. The molecule has 1 saturated heterocycles. The van der Waals surface area contributed by atoms with Crippen molar-refractivity contribution in [2.45, 2.75) is 6.04 Å². The molecule has 0 spiro atoms. The van der Waals surface area contributed by atoms with Gasteiger partial charge in [-0.1, -0.05) is 6.07 Å². The molecule has 1 N–H and O–H groups in total. The van der Waals surface area contributed by atoms with Gasteiger partial charge in [-0.05, 0) is 12.1 Å². The molecule has 92 valence electrons. The van der Waals surface area contributed by atoms with Gasteiger partial charge in [0.05, 0.1) is 19.3 Å². The Morgan fingerprint density at radius 1 is 1.44 bits per heavy atom. The van der Waals surface area contributed by atoms with Crippen molar-refractivity contribution in [3.63, 3.8) is 0 Å². The lowest BCUT2D eigenvalue weighted by molar-refractivity contribution is -0.00349.